The van der Waals surface area contributed by atoms with Crippen LogP contribution in [0.1, 0.15) is 41.2 Å². The molecular weight excluding hydrogens is 274 g/mol. The topological polar surface area (TPSA) is 98.3 Å². The summed E-state index contributed by atoms with van der Waals surface area (Å²) in [5.41, 5.74) is 0.870. The van der Waals surface area contributed by atoms with E-state index in [1.54, 1.807) is 19.1 Å². The fourth-order valence-electron chi connectivity index (χ4n) is 1.98. The summed E-state index contributed by atoms with van der Waals surface area (Å²) in [5.74, 6) is 0.175. The highest BCUT2D eigenvalue weighted by Gasteiger charge is 2.18. The number of carbonyl (C=O) groups is 1. The number of carbonyl (C=O) groups excluding carboxylic acids is 1. The molecule has 0 bridgehead atoms. The van der Waals surface area contributed by atoms with Gasteiger partial charge in [-0.15, -0.1) is 0 Å². The van der Waals surface area contributed by atoms with Gasteiger partial charge in [-0.2, -0.15) is 0 Å². The number of amides is 1. The molecule has 1 amide bonds. The first-order valence-corrected chi connectivity index (χ1v) is 6.49. The van der Waals surface area contributed by atoms with Crippen LogP contribution in [0.25, 0.3) is 0 Å². The minimum Gasteiger partial charge on any atom is -0.361 e. The van der Waals surface area contributed by atoms with E-state index < -0.39 is 4.92 Å². The van der Waals surface area contributed by atoms with E-state index in [0.717, 1.165) is 0 Å². The van der Waals surface area contributed by atoms with Crippen molar-refractivity contribution >= 4 is 11.6 Å². The molecule has 0 aliphatic rings. The van der Waals surface area contributed by atoms with Gasteiger partial charge >= 0.3 is 0 Å². The van der Waals surface area contributed by atoms with Crippen molar-refractivity contribution in [1.82, 2.24) is 10.5 Å². The molecule has 1 heterocycles. The number of hydrogen-bond acceptors (Lipinski definition) is 5. The van der Waals surface area contributed by atoms with Crippen LogP contribution in [0.5, 0.6) is 0 Å². The average molecular weight is 289 g/mol. The molecule has 0 radical (unpaired) electrons. The molecule has 0 unspecified atom stereocenters. The monoisotopic (exact) mass is 289 g/mol. The minimum atomic E-state index is -0.459. The number of rotatable bonds is 5. The lowest BCUT2D eigenvalue weighted by Crippen LogP contribution is -2.28. The fourth-order valence-corrected chi connectivity index (χ4v) is 1.98. The van der Waals surface area contributed by atoms with Gasteiger partial charge in [0.1, 0.15) is 5.76 Å². The summed E-state index contributed by atoms with van der Waals surface area (Å²) in [6.45, 7) is 3.58. The molecule has 1 aromatic heterocycles. The highest BCUT2D eigenvalue weighted by Crippen LogP contribution is 2.22. The van der Waals surface area contributed by atoms with Gasteiger partial charge in [-0.1, -0.05) is 24.2 Å². The van der Waals surface area contributed by atoms with Crippen LogP contribution in [0.2, 0.25) is 0 Å². The average Bonchev–Trinajstić information content (AvgIpc) is 2.91. The molecule has 0 saturated carbocycles. The molecular formula is C14H15N3O4. The van der Waals surface area contributed by atoms with E-state index in [-0.39, 0.29) is 23.3 Å². The van der Waals surface area contributed by atoms with Gasteiger partial charge < -0.3 is 9.84 Å². The Hall–Kier alpha value is -2.70. The zero-order chi connectivity index (χ0) is 15.4. The Morgan fingerprint density at radius 1 is 1.48 bits per heavy atom. The Kier molecular flexibility index (Phi) is 4.32. The van der Waals surface area contributed by atoms with Crippen molar-refractivity contribution in [2.75, 3.05) is 0 Å². The number of nitro groups is 1. The molecule has 2 rings (SSSR count). The van der Waals surface area contributed by atoms with E-state index in [0.29, 0.717) is 17.7 Å². The molecule has 110 valence electrons. The first kappa shape index (κ1) is 14.7. The Labute approximate surface area is 121 Å². The lowest BCUT2D eigenvalue weighted by atomic mass is 10.0. The van der Waals surface area contributed by atoms with Gasteiger partial charge in [0.2, 0.25) is 0 Å². The summed E-state index contributed by atoms with van der Waals surface area (Å²) >= 11 is 0. The van der Waals surface area contributed by atoms with E-state index in [2.05, 4.69) is 10.5 Å². The molecule has 2 aromatic rings. The van der Waals surface area contributed by atoms with Crippen LogP contribution < -0.4 is 5.32 Å². The summed E-state index contributed by atoms with van der Waals surface area (Å²) in [6, 6.07) is 7.43. The smallest absolute Gasteiger partial charge is 0.273 e. The van der Waals surface area contributed by atoms with Crippen molar-refractivity contribution in [2.45, 2.75) is 26.3 Å². The van der Waals surface area contributed by atoms with Crippen molar-refractivity contribution in [3.8, 4) is 0 Å². The maximum Gasteiger partial charge on any atom is 0.273 e. The third-order valence-electron chi connectivity index (χ3n) is 3.06. The molecule has 1 aromatic carbocycles. The van der Waals surface area contributed by atoms with E-state index in [9.17, 15) is 14.9 Å². The second-order valence-corrected chi connectivity index (χ2v) is 4.61. The van der Waals surface area contributed by atoms with Crippen molar-refractivity contribution in [3.05, 3.63) is 57.5 Å². The van der Waals surface area contributed by atoms with Crippen molar-refractivity contribution in [2.24, 2.45) is 0 Å². The molecule has 0 spiro atoms. The number of benzene rings is 1. The molecule has 7 heteroatoms. The van der Waals surface area contributed by atoms with Crippen molar-refractivity contribution in [1.29, 1.82) is 0 Å². The number of aryl methyl sites for hydroxylation is 1. The quantitative estimate of drug-likeness (QED) is 0.674. The van der Waals surface area contributed by atoms with Gasteiger partial charge in [-0.05, 0) is 18.9 Å². The standard InChI is InChI=1S/C14H15N3O4/c1-3-12(10-5-4-6-11(8-10)17(19)20)15-14(18)13-7-9(2)21-16-13/h4-8,12H,3H2,1-2H3,(H,15,18)/t12-/m1/s1. The number of hydrogen-bond donors (Lipinski definition) is 1. The van der Waals surface area contributed by atoms with Crippen molar-refractivity contribution in [3.63, 3.8) is 0 Å². The lowest BCUT2D eigenvalue weighted by molar-refractivity contribution is -0.384. The summed E-state index contributed by atoms with van der Waals surface area (Å²) in [5, 5.41) is 17.2. The van der Waals surface area contributed by atoms with Crippen LogP contribution in [0.15, 0.2) is 34.9 Å². The highest BCUT2D eigenvalue weighted by molar-refractivity contribution is 5.92. The predicted molar refractivity (Wildman–Crippen MR) is 74.8 cm³/mol. The molecule has 1 N–H and O–H groups in total. The van der Waals surface area contributed by atoms with Gasteiger partial charge in [0.25, 0.3) is 11.6 Å². The van der Waals surface area contributed by atoms with E-state index in [1.165, 1.54) is 18.2 Å². The van der Waals surface area contributed by atoms with Crippen LogP contribution in [0, 0.1) is 17.0 Å². The molecule has 1 atom stereocenters. The summed E-state index contributed by atoms with van der Waals surface area (Å²) in [7, 11) is 0. The number of nitrogens with one attached hydrogen (secondary N) is 1. The lowest BCUT2D eigenvalue weighted by Gasteiger charge is -2.16. The van der Waals surface area contributed by atoms with E-state index in [1.807, 2.05) is 6.92 Å². The second-order valence-electron chi connectivity index (χ2n) is 4.61. The zero-order valence-electron chi connectivity index (χ0n) is 11.7. The van der Waals surface area contributed by atoms with Gasteiger partial charge in [-0.25, -0.2) is 0 Å². The summed E-state index contributed by atoms with van der Waals surface area (Å²) < 4.78 is 4.86. The predicted octanol–water partition coefficient (Wildman–Crippen LogP) is 2.77. The van der Waals surface area contributed by atoms with Crippen LogP contribution in [-0.4, -0.2) is 16.0 Å². The Morgan fingerprint density at radius 2 is 2.24 bits per heavy atom. The first-order valence-electron chi connectivity index (χ1n) is 6.49. The minimum absolute atomic E-state index is 0.00233. The number of aromatic nitrogens is 1. The van der Waals surface area contributed by atoms with E-state index in [4.69, 9.17) is 4.52 Å². The van der Waals surface area contributed by atoms with Crippen molar-refractivity contribution < 1.29 is 14.2 Å². The summed E-state index contributed by atoms with van der Waals surface area (Å²) in [4.78, 5) is 22.4. The maximum absolute atomic E-state index is 12.1. The normalized spacial score (nSPS) is 11.9. The van der Waals surface area contributed by atoms with Crippen LogP contribution in [0.4, 0.5) is 5.69 Å². The molecule has 0 aliphatic heterocycles. The molecule has 0 saturated heterocycles. The molecule has 7 nitrogen and oxygen atoms in total. The van der Waals surface area contributed by atoms with Crippen LogP contribution >= 0.6 is 0 Å². The molecule has 0 fully saturated rings. The number of nitro benzene ring substituents is 1. The number of non-ortho nitro benzene ring substituents is 1. The first-order chi connectivity index (χ1) is 10.0. The molecule has 0 aliphatic carbocycles. The third kappa shape index (κ3) is 3.44. The highest BCUT2D eigenvalue weighted by atomic mass is 16.6. The van der Waals surface area contributed by atoms with Crippen LogP contribution in [-0.2, 0) is 0 Å². The SMILES string of the molecule is CC[C@@H](NC(=O)c1cc(C)on1)c1cccc([N+](=O)[O-])c1. The zero-order valence-corrected chi connectivity index (χ0v) is 11.7. The van der Waals surface area contributed by atoms with Gasteiger partial charge in [-0.3, -0.25) is 14.9 Å². The largest absolute Gasteiger partial charge is 0.361 e. The Bertz CT molecular complexity index is 666. The van der Waals surface area contributed by atoms with Gasteiger partial charge in [0.05, 0.1) is 11.0 Å². The summed E-state index contributed by atoms with van der Waals surface area (Å²) in [6.07, 6.45) is 0.601. The Morgan fingerprint density at radius 3 is 2.81 bits per heavy atom. The molecule has 21 heavy (non-hydrogen) atoms. The number of nitrogens with zero attached hydrogens (tertiary/aromatic N) is 2. The maximum atomic E-state index is 12.1. The fraction of sp³-hybridized carbons (Fsp3) is 0.286. The van der Waals surface area contributed by atoms with Gasteiger partial charge in [0, 0.05) is 18.2 Å². The van der Waals surface area contributed by atoms with Gasteiger partial charge in [0.15, 0.2) is 5.69 Å². The van der Waals surface area contributed by atoms with Crippen LogP contribution in [0.3, 0.4) is 0 Å². The third-order valence-corrected chi connectivity index (χ3v) is 3.06. The Balaban J connectivity index is 2.18. The van der Waals surface area contributed by atoms with E-state index >= 15 is 0 Å². The second kappa shape index (κ2) is 6.17.